The number of H-pyrrole nitrogens is 1. The van der Waals surface area contributed by atoms with E-state index >= 15 is 0 Å². The van der Waals surface area contributed by atoms with E-state index in [4.69, 9.17) is 0 Å². The molecule has 0 radical (unpaired) electrons. The van der Waals surface area contributed by atoms with Crippen LogP contribution in [-0.4, -0.2) is 35.1 Å². The van der Waals surface area contributed by atoms with Crippen LogP contribution in [0.4, 0.5) is 0 Å². The van der Waals surface area contributed by atoms with Gasteiger partial charge in [-0.05, 0) is 17.7 Å². The number of amides is 1. The Balaban J connectivity index is 2.27. The van der Waals surface area contributed by atoms with Gasteiger partial charge in [-0.2, -0.15) is 5.10 Å². The fourth-order valence-electron chi connectivity index (χ4n) is 1.47. The molecule has 0 atom stereocenters. The van der Waals surface area contributed by atoms with E-state index in [2.05, 4.69) is 10.2 Å². The van der Waals surface area contributed by atoms with E-state index in [-0.39, 0.29) is 5.91 Å². The molecular weight excluding hydrogens is 202 g/mol. The van der Waals surface area contributed by atoms with Gasteiger partial charge in [-0.15, -0.1) is 0 Å². The lowest BCUT2D eigenvalue weighted by Crippen LogP contribution is -2.21. The molecule has 0 spiro atoms. The molecule has 1 heterocycles. The Hall–Kier alpha value is -2.10. The Bertz CT molecular complexity index is 471. The topological polar surface area (TPSA) is 49.0 Å². The minimum Gasteiger partial charge on any atom is -0.345 e. The normalized spacial score (nSPS) is 10.1. The van der Waals surface area contributed by atoms with E-state index in [1.165, 1.54) is 0 Å². The summed E-state index contributed by atoms with van der Waals surface area (Å²) in [4.78, 5) is 13.2. The van der Waals surface area contributed by atoms with Crippen molar-refractivity contribution in [2.45, 2.75) is 0 Å². The van der Waals surface area contributed by atoms with Gasteiger partial charge in [0.05, 0.1) is 6.20 Å². The van der Waals surface area contributed by atoms with Crippen LogP contribution in [0.1, 0.15) is 10.4 Å². The highest BCUT2D eigenvalue weighted by molar-refractivity contribution is 5.94. The van der Waals surface area contributed by atoms with Crippen molar-refractivity contribution >= 4 is 5.91 Å². The number of nitrogens with zero attached hydrogens (tertiary/aromatic N) is 2. The van der Waals surface area contributed by atoms with Gasteiger partial charge in [0.25, 0.3) is 5.91 Å². The van der Waals surface area contributed by atoms with Crippen LogP contribution in [0.2, 0.25) is 0 Å². The number of carbonyl (C=O) groups is 1. The summed E-state index contributed by atoms with van der Waals surface area (Å²) in [6, 6.07) is 7.48. The third-order valence-corrected chi connectivity index (χ3v) is 2.37. The predicted molar refractivity (Wildman–Crippen MR) is 62.0 cm³/mol. The number of rotatable bonds is 2. The first-order valence-corrected chi connectivity index (χ1v) is 4.99. The van der Waals surface area contributed by atoms with E-state index in [1.54, 1.807) is 25.2 Å². The maximum absolute atomic E-state index is 11.6. The van der Waals surface area contributed by atoms with Gasteiger partial charge in [0.2, 0.25) is 0 Å². The van der Waals surface area contributed by atoms with Crippen LogP contribution in [0.25, 0.3) is 11.1 Å². The average Bonchev–Trinajstić information content (AvgIpc) is 2.81. The number of hydrogen-bond acceptors (Lipinski definition) is 2. The number of aromatic nitrogens is 2. The molecular formula is C12H13N3O. The van der Waals surface area contributed by atoms with E-state index in [9.17, 15) is 4.79 Å². The summed E-state index contributed by atoms with van der Waals surface area (Å²) in [5, 5.41) is 6.64. The lowest BCUT2D eigenvalue weighted by Gasteiger charge is -2.10. The molecule has 0 unspecified atom stereocenters. The predicted octanol–water partition coefficient (Wildman–Crippen LogP) is 1.78. The minimum atomic E-state index is 0.0127. The Labute approximate surface area is 93.9 Å². The summed E-state index contributed by atoms with van der Waals surface area (Å²) in [5.41, 5.74) is 2.75. The third-order valence-electron chi connectivity index (χ3n) is 2.37. The zero-order valence-corrected chi connectivity index (χ0v) is 9.27. The van der Waals surface area contributed by atoms with Crippen LogP contribution in [0.15, 0.2) is 36.7 Å². The zero-order chi connectivity index (χ0) is 11.5. The van der Waals surface area contributed by atoms with Gasteiger partial charge >= 0.3 is 0 Å². The summed E-state index contributed by atoms with van der Waals surface area (Å²) in [6.07, 6.45) is 3.57. The molecule has 0 aliphatic carbocycles. The number of nitrogens with one attached hydrogen (secondary N) is 1. The van der Waals surface area contributed by atoms with Crippen molar-refractivity contribution in [1.82, 2.24) is 15.1 Å². The second-order valence-corrected chi connectivity index (χ2v) is 3.76. The largest absolute Gasteiger partial charge is 0.345 e. The third kappa shape index (κ3) is 1.95. The summed E-state index contributed by atoms with van der Waals surface area (Å²) in [5.74, 6) is 0.0127. The van der Waals surface area contributed by atoms with Gasteiger partial charge in [-0.1, -0.05) is 12.1 Å². The molecule has 1 amide bonds. The minimum absolute atomic E-state index is 0.0127. The summed E-state index contributed by atoms with van der Waals surface area (Å²) in [6.45, 7) is 0. The summed E-state index contributed by atoms with van der Waals surface area (Å²) < 4.78 is 0. The molecule has 0 saturated heterocycles. The molecule has 1 aromatic heterocycles. The van der Waals surface area contributed by atoms with Gasteiger partial charge in [-0.25, -0.2) is 0 Å². The molecule has 1 N–H and O–H groups in total. The van der Waals surface area contributed by atoms with Gasteiger partial charge in [0.1, 0.15) is 0 Å². The Morgan fingerprint density at radius 2 is 1.88 bits per heavy atom. The van der Waals surface area contributed by atoms with Crippen molar-refractivity contribution in [3.8, 4) is 11.1 Å². The molecule has 0 fully saturated rings. The molecule has 4 nitrogen and oxygen atoms in total. The van der Waals surface area contributed by atoms with Crippen LogP contribution in [0.3, 0.4) is 0 Å². The summed E-state index contributed by atoms with van der Waals surface area (Å²) in [7, 11) is 3.48. The first kappa shape index (κ1) is 10.4. The molecule has 0 aliphatic rings. The van der Waals surface area contributed by atoms with Gasteiger partial charge < -0.3 is 4.90 Å². The average molecular weight is 215 g/mol. The van der Waals surface area contributed by atoms with Gasteiger partial charge in [-0.3, -0.25) is 9.89 Å². The van der Waals surface area contributed by atoms with Crippen molar-refractivity contribution in [1.29, 1.82) is 0 Å². The first-order chi connectivity index (χ1) is 7.68. The fourth-order valence-corrected chi connectivity index (χ4v) is 1.47. The lowest BCUT2D eigenvalue weighted by molar-refractivity contribution is 0.0827. The van der Waals surface area contributed by atoms with E-state index in [0.29, 0.717) is 5.56 Å². The molecule has 4 heteroatoms. The molecule has 16 heavy (non-hydrogen) atoms. The van der Waals surface area contributed by atoms with Crippen molar-refractivity contribution < 1.29 is 4.79 Å². The summed E-state index contributed by atoms with van der Waals surface area (Å²) >= 11 is 0. The van der Waals surface area contributed by atoms with Gasteiger partial charge in [0, 0.05) is 31.4 Å². The molecule has 2 rings (SSSR count). The Morgan fingerprint density at radius 1 is 1.19 bits per heavy atom. The zero-order valence-electron chi connectivity index (χ0n) is 9.27. The van der Waals surface area contributed by atoms with Crippen LogP contribution in [-0.2, 0) is 0 Å². The molecule has 82 valence electrons. The fraction of sp³-hybridized carbons (Fsp3) is 0.167. The van der Waals surface area contributed by atoms with Gasteiger partial charge in [0.15, 0.2) is 0 Å². The monoisotopic (exact) mass is 215 g/mol. The smallest absolute Gasteiger partial charge is 0.253 e. The highest BCUT2D eigenvalue weighted by Crippen LogP contribution is 2.18. The maximum Gasteiger partial charge on any atom is 0.253 e. The van der Waals surface area contributed by atoms with E-state index in [0.717, 1.165) is 11.1 Å². The molecule has 0 saturated carbocycles. The highest BCUT2D eigenvalue weighted by atomic mass is 16.2. The number of hydrogen-bond donors (Lipinski definition) is 1. The molecule has 0 bridgehead atoms. The van der Waals surface area contributed by atoms with Crippen LogP contribution >= 0.6 is 0 Å². The van der Waals surface area contributed by atoms with Crippen LogP contribution in [0, 0.1) is 0 Å². The van der Waals surface area contributed by atoms with Crippen molar-refractivity contribution in [2.75, 3.05) is 14.1 Å². The van der Waals surface area contributed by atoms with Crippen molar-refractivity contribution in [3.63, 3.8) is 0 Å². The molecule has 2 aromatic rings. The first-order valence-electron chi connectivity index (χ1n) is 4.99. The Morgan fingerprint density at radius 3 is 2.38 bits per heavy atom. The second-order valence-electron chi connectivity index (χ2n) is 3.76. The van der Waals surface area contributed by atoms with Crippen LogP contribution in [0.5, 0.6) is 0 Å². The van der Waals surface area contributed by atoms with Crippen LogP contribution < -0.4 is 0 Å². The number of benzene rings is 1. The second kappa shape index (κ2) is 4.18. The highest BCUT2D eigenvalue weighted by Gasteiger charge is 2.07. The van der Waals surface area contributed by atoms with Crippen molar-refractivity contribution in [2.24, 2.45) is 0 Å². The van der Waals surface area contributed by atoms with Crippen molar-refractivity contribution in [3.05, 3.63) is 42.2 Å². The maximum atomic E-state index is 11.6. The number of aromatic amines is 1. The van der Waals surface area contributed by atoms with E-state index in [1.807, 2.05) is 30.5 Å². The Kier molecular flexibility index (Phi) is 2.72. The molecule has 0 aliphatic heterocycles. The van der Waals surface area contributed by atoms with E-state index < -0.39 is 0 Å². The quantitative estimate of drug-likeness (QED) is 0.830. The molecule has 1 aromatic carbocycles. The SMILES string of the molecule is CN(C)C(=O)c1ccc(-c2cn[nH]c2)cc1. The standard InChI is InChI=1S/C12H13N3O/c1-15(2)12(16)10-5-3-9(4-6-10)11-7-13-14-8-11/h3-8H,1-2H3,(H,13,14). The lowest BCUT2D eigenvalue weighted by atomic mass is 10.1. The number of carbonyl (C=O) groups excluding carboxylic acids is 1.